The number of piperidine rings is 1. The number of guanidine groups is 1. The van der Waals surface area contributed by atoms with Gasteiger partial charge in [-0.2, -0.15) is 11.8 Å². The van der Waals surface area contributed by atoms with E-state index < -0.39 is 0 Å². The van der Waals surface area contributed by atoms with Gasteiger partial charge in [0.05, 0.1) is 0 Å². The van der Waals surface area contributed by atoms with Crippen molar-refractivity contribution in [2.45, 2.75) is 31.7 Å². The second-order valence-corrected chi connectivity index (χ2v) is 7.47. The summed E-state index contributed by atoms with van der Waals surface area (Å²) in [6.45, 7) is 2.76. The summed E-state index contributed by atoms with van der Waals surface area (Å²) in [5, 5.41) is 6.97. The molecule has 2 aliphatic heterocycles. The van der Waals surface area contributed by atoms with Gasteiger partial charge in [-0.3, -0.25) is 9.79 Å². The molecule has 0 unspecified atom stereocenters. The third-order valence-corrected chi connectivity index (χ3v) is 5.63. The molecule has 0 aromatic carbocycles. The number of ether oxygens (including phenoxy) is 1. The molecule has 0 atom stereocenters. The molecule has 1 amide bonds. The minimum Gasteiger partial charge on any atom is -0.375 e. The molecule has 0 spiro atoms. The number of carbonyl (C=O) groups is 1. The quantitative estimate of drug-likeness (QED) is 0.363. The molecule has 0 bridgehead atoms. The van der Waals surface area contributed by atoms with Crippen molar-refractivity contribution in [3.05, 3.63) is 0 Å². The van der Waals surface area contributed by atoms with Gasteiger partial charge in [-0.05, 0) is 43.1 Å². The Bertz CT molecular complexity index is 398. The highest BCUT2D eigenvalue weighted by molar-refractivity contribution is 14.0. The highest BCUT2D eigenvalue weighted by atomic mass is 127. The van der Waals surface area contributed by atoms with E-state index in [2.05, 4.69) is 27.4 Å². The standard InChI is InChI=1S/C16H30N4O2S.HI/c1-17-16(18-11-13-5-9-23-10-6-13)19-14-3-7-20(8-4-14)15(21)12-22-2;/h13-14H,3-12H2,1-2H3,(H2,17,18,19);1H. The molecule has 2 N–H and O–H groups in total. The third-order valence-electron chi connectivity index (χ3n) is 4.58. The lowest BCUT2D eigenvalue weighted by atomic mass is 10.0. The van der Waals surface area contributed by atoms with Crippen LogP contribution in [0.15, 0.2) is 4.99 Å². The number of nitrogens with one attached hydrogen (secondary N) is 2. The summed E-state index contributed by atoms with van der Waals surface area (Å²) < 4.78 is 4.92. The summed E-state index contributed by atoms with van der Waals surface area (Å²) in [5.74, 6) is 4.32. The van der Waals surface area contributed by atoms with Crippen molar-refractivity contribution in [3.8, 4) is 0 Å². The number of amides is 1. The van der Waals surface area contributed by atoms with E-state index in [0.717, 1.165) is 44.4 Å². The van der Waals surface area contributed by atoms with Gasteiger partial charge in [-0.15, -0.1) is 24.0 Å². The number of rotatable bonds is 5. The van der Waals surface area contributed by atoms with Crippen LogP contribution in [0, 0.1) is 5.92 Å². The molecule has 0 aromatic heterocycles. The van der Waals surface area contributed by atoms with E-state index in [1.165, 1.54) is 24.3 Å². The Morgan fingerprint density at radius 1 is 1.25 bits per heavy atom. The largest absolute Gasteiger partial charge is 0.375 e. The van der Waals surface area contributed by atoms with Gasteiger partial charge >= 0.3 is 0 Å². The molecule has 24 heavy (non-hydrogen) atoms. The van der Waals surface area contributed by atoms with Crippen molar-refractivity contribution in [2.24, 2.45) is 10.9 Å². The second-order valence-electron chi connectivity index (χ2n) is 6.24. The molecule has 0 radical (unpaired) electrons. The number of aliphatic imine (C=N–C) groups is 1. The van der Waals surface area contributed by atoms with E-state index in [1.54, 1.807) is 7.11 Å². The summed E-state index contributed by atoms with van der Waals surface area (Å²) in [6, 6.07) is 0.384. The Morgan fingerprint density at radius 3 is 2.50 bits per heavy atom. The first-order chi connectivity index (χ1) is 11.2. The topological polar surface area (TPSA) is 66.0 Å². The van der Waals surface area contributed by atoms with Gasteiger partial charge in [0, 0.05) is 39.8 Å². The minimum absolute atomic E-state index is 0. The molecule has 140 valence electrons. The maximum Gasteiger partial charge on any atom is 0.248 e. The van der Waals surface area contributed by atoms with Gasteiger partial charge < -0.3 is 20.3 Å². The van der Waals surface area contributed by atoms with Crippen LogP contribution in [0.5, 0.6) is 0 Å². The van der Waals surface area contributed by atoms with Crippen LogP contribution in [0.3, 0.4) is 0 Å². The summed E-state index contributed by atoms with van der Waals surface area (Å²) >= 11 is 2.06. The lowest BCUT2D eigenvalue weighted by molar-refractivity contribution is -0.136. The molecule has 8 heteroatoms. The first kappa shape index (κ1) is 21.8. The van der Waals surface area contributed by atoms with Gasteiger partial charge in [-0.25, -0.2) is 0 Å². The lowest BCUT2D eigenvalue weighted by Gasteiger charge is -2.33. The first-order valence-corrected chi connectivity index (χ1v) is 9.70. The van der Waals surface area contributed by atoms with Crippen molar-refractivity contribution < 1.29 is 9.53 Å². The van der Waals surface area contributed by atoms with Crippen molar-refractivity contribution in [3.63, 3.8) is 0 Å². The molecular weight excluding hydrogens is 439 g/mol. The van der Waals surface area contributed by atoms with Crippen molar-refractivity contribution in [2.75, 3.05) is 51.9 Å². The van der Waals surface area contributed by atoms with E-state index in [1.807, 2.05) is 11.9 Å². The van der Waals surface area contributed by atoms with Crippen LogP contribution >= 0.6 is 35.7 Å². The Hall–Kier alpha value is -0.220. The van der Waals surface area contributed by atoms with Gasteiger partial charge in [0.1, 0.15) is 6.61 Å². The number of halogens is 1. The molecule has 0 aromatic rings. The number of thioether (sulfide) groups is 1. The molecule has 2 fully saturated rings. The fraction of sp³-hybridized carbons (Fsp3) is 0.875. The van der Waals surface area contributed by atoms with E-state index in [4.69, 9.17) is 4.74 Å². The lowest BCUT2D eigenvalue weighted by Crippen LogP contribution is -2.50. The third kappa shape index (κ3) is 7.35. The molecule has 0 saturated carbocycles. The Kier molecular flexibility index (Phi) is 11.1. The fourth-order valence-electron chi connectivity index (χ4n) is 3.07. The zero-order valence-electron chi connectivity index (χ0n) is 14.8. The fourth-order valence-corrected chi connectivity index (χ4v) is 4.27. The molecule has 2 saturated heterocycles. The van der Waals surface area contributed by atoms with Crippen LogP contribution in [-0.2, 0) is 9.53 Å². The normalized spacial score (nSPS) is 20.4. The van der Waals surface area contributed by atoms with E-state index in [-0.39, 0.29) is 36.5 Å². The molecule has 0 aliphatic carbocycles. The van der Waals surface area contributed by atoms with Crippen LogP contribution in [0.25, 0.3) is 0 Å². The molecule has 2 rings (SSSR count). The van der Waals surface area contributed by atoms with Crippen LogP contribution in [0.2, 0.25) is 0 Å². The average Bonchev–Trinajstić information content (AvgIpc) is 2.60. The Morgan fingerprint density at radius 2 is 1.92 bits per heavy atom. The van der Waals surface area contributed by atoms with E-state index in [0.29, 0.717) is 6.04 Å². The average molecular weight is 470 g/mol. The maximum atomic E-state index is 11.8. The number of hydrogen-bond acceptors (Lipinski definition) is 4. The monoisotopic (exact) mass is 470 g/mol. The number of methoxy groups -OCH3 is 1. The van der Waals surface area contributed by atoms with Gasteiger partial charge in [0.15, 0.2) is 5.96 Å². The Balaban J connectivity index is 0.00000288. The number of hydrogen-bond donors (Lipinski definition) is 2. The van der Waals surface area contributed by atoms with Gasteiger partial charge in [0.25, 0.3) is 0 Å². The second kappa shape index (κ2) is 12.2. The zero-order chi connectivity index (χ0) is 16.5. The van der Waals surface area contributed by atoms with Gasteiger partial charge in [0.2, 0.25) is 5.91 Å². The summed E-state index contributed by atoms with van der Waals surface area (Å²) in [4.78, 5) is 18.0. The SMILES string of the molecule is CN=C(NCC1CCSCC1)NC1CCN(C(=O)COC)CC1.I. The molecular formula is C16H31IN4O2S. The smallest absolute Gasteiger partial charge is 0.248 e. The predicted molar refractivity (Wildman–Crippen MR) is 111 cm³/mol. The van der Waals surface area contributed by atoms with Crippen LogP contribution in [-0.4, -0.2) is 74.7 Å². The van der Waals surface area contributed by atoms with Crippen molar-refractivity contribution in [1.82, 2.24) is 15.5 Å². The van der Waals surface area contributed by atoms with Crippen LogP contribution in [0.4, 0.5) is 0 Å². The van der Waals surface area contributed by atoms with Crippen LogP contribution in [0.1, 0.15) is 25.7 Å². The summed E-state index contributed by atoms with van der Waals surface area (Å²) in [5.41, 5.74) is 0. The highest BCUT2D eigenvalue weighted by Crippen LogP contribution is 2.21. The number of nitrogens with zero attached hydrogens (tertiary/aromatic N) is 2. The highest BCUT2D eigenvalue weighted by Gasteiger charge is 2.23. The molecule has 2 aliphatic rings. The summed E-state index contributed by atoms with van der Waals surface area (Å²) in [6.07, 6.45) is 4.51. The zero-order valence-corrected chi connectivity index (χ0v) is 17.9. The predicted octanol–water partition coefficient (Wildman–Crippen LogP) is 1.55. The molecule has 2 heterocycles. The van der Waals surface area contributed by atoms with Gasteiger partial charge in [-0.1, -0.05) is 0 Å². The van der Waals surface area contributed by atoms with Crippen molar-refractivity contribution in [1.29, 1.82) is 0 Å². The van der Waals surface area contributed by atoms with Crippen LogP contribution < -0.4 is 10.6 Å². The number of carbonyl (C=O) groups excluding carboxylic acids is 1. The van der Waals surface area contributed by atoms with Crippen molar-refractivity contribution >= 4 is 47.6 Å². The van der Waals surface area contributed by atoms with E-state index in [9.17, 15) is 4.79 Å². The maximum absolute atomic E-state index is 11.8. The van der Waals surface area contributed by atoms with E-state index >= 15 is 0 Å². The Labute approximate surface area is 166 Å². The molecule has 6 nitrogen and oxygen atoms in total. The first-order valence-electron chi connectivity index (χ1n) is 8.54. The minimum atomic E-state index is 0. The number of likely N-dealkylation sites (tertiary alicyclic amines) is 1. The summed E-state index contributed by atoms with van der Waals surface area (Å²) in [7, 11) is 3.39.